The largest absolute Gasteiger partial charge is 0.322 e. The van der Waals surface area contributed by atoms with Crippen LogP contribution in [-0.4, -0.2) is 11.8 Å². The van der Waals surface area contributed by atoms with Crippen molar-refractivity contribution in [3.8, 4) is 0 Å². The number of carbonyl (C=O) groups is 2. The summed E-state index contributed by atoms with van der Waals surface area (Å²) in [6.45, 7) is 2.04. The lowest BCUT2D eigenvalue weighted by Crippen LogP contribution is -2.31. The summed E-state index contributed by atoms with van der Waals surface area (Å²) < 4.78 is 28.7. The highest BCUT2D eigenvalue weighted by Crippen LogP contribution is 2.34. The van der Waals surface area contributed by atoms with Crippen LogP contribution in [0.15, 0.2) is 72.1 Å². The fourth-order valence-corrected chi connectivity index (χ4v) is 5.06. The summed E-state index contributed by atoms with van der Waals surface area (Å²) in [7, 11) is 0. The van der Waals surface area contributed by atoms with Crippen molar-refractivity contribution in [1.82, 2.24) is 0 Å². The highest BCUT2D eigenvalue weighted by Gasteiger charge is 2.27. The van der Waals surface area contributed by atoms with E-state index in [2.05, 4.69) is 5.32 Å². The number of nitrogens with zero attached hydrogens (tertiary/aromatic N) is 1. The molecule has 1 N–H and O–H groups in total. The van der Waals surface area contributed by atoms with Crippen LogP contribution in [0, 0.1) is 18.6 Å². The third-order valence-corrected chi connectivity index (χ3v) is 6.91. The third kappa shape index (κ3) is 4.10. The molecule has 4 nitrogen and oxygen atoms in total. The fourth-order valence-electron chi connectivity index (χ4n) is 4.15. The predicted octanol–water partition coefficient (Wildman–Crippen LogP) is 6.34. The number of anilines is 2. The van der Waals surface area contributed by atoms with E-state index < -0.39 is 23.4 Å². The van der Waals surface area contributed by atoms with E-state index in [1.807, 2.05) is 35.7 Å². The molecule has 0 radical (unpaired) electrons. The van der Waals surface area contributed by atoms with Crippen molar-refractivity contribution in [3.05, 3.63) is 116 Å². The van der Waals surface area contributed by atoms with E-state index in [0.717, 1.165) is 35.4 Å². The first kappa shape index (κ1) is 22.0. The first-order chi connectivity index (χ1) is 16.4. The topological polar surface area (TPSA) is 49.4 Å². The Morgan fingerprint density at radius 3 is 2.59 bits per heavy atom. The zero-order valence-electron chi connectivity index (χ0n) is 18.3. The molecule has 4 aromatic rings. The first-order valence-corrected chi connectivity index (χ1v) is 11.6. The zero-order chi connectivity index (χ0) is 23.8. The zero-order valence-corrected chi connectivity index (χ0v) is 19.1. The van der Waals surface area contributed by atoms with Crippen LogP contribution in [0.2, 0.25) is 0 Å². The molecule has 0 saturated heterocycles. The van der Waals surface area contributed by atoms with Gasteiger partial charge < -0.3 is 10.2 Å². The molecule has 2 heterocycles. The number of rotatable bonds is 3. The van der Waals surface area contributed by atoms with Crippen molar-refractivity contribution in [2.24, 2.45) is 0 Å². The standard InChI is InChI=1S/C27H20F2N2O2S/c1-16-6-7-19(28)13-22(16)26(32)30-20-8-9-21(23(29)14-20)27(33)31-15-18-10-11-34-25(18)12-17-4-2-3-5-24(17)31/h2-11,13-14H,12,15H2,1H3,(H,30,32). The van der Waals surface area contributed by atoms with Crippen molar-refractivity contribution in [2.45, 2.75) is 19.9 Å². The summed E-state index contributed by atoms with van der Waals surface area (Å²) in [6.07, 6.45) is 0.722. The SMILES string of the molecule is Cc1ccc(F)cc1C(=O)Nc1ccc(C(=O)N2Cc3ccsc3Cc3ccccc32)c(F)c1. The minimum Gasteiger partial charge on any atom is -0.322 e. The van der Waals surface area contributed by atoms with Gasteiger partial charge in [-0.1, -0.05) is 24.3 Å². The van der Waals surface area contributed by atoms with Gasteiger partial charge in [0.15, 0.2) is 0 Å². The summed E-state index contributed by atoms with van der Waals surface area (Å²) >= 11 is 1.65. The van der Waals surface area contributed by atoms with Gasteiger partial charge in [-0.05, 0) is 71.5 Å². The Morgan fingerprint density at radius 1 is 0.941 bits per heavy atom. The second-order valence-electron chi connectivity index (χ2n) is 8.17. The summed E-state index contributed by atoms with van der Waals surface area (Å²) in [4.78, 5) is 28.8. The van der Waals surface area contributed by atoms with Crippen LogP contribution >= 0.6 is 11.3 Å². The quantitative estimate of drug-likeness (QED) is 0.377. The molecule has 0 fully saturated rings. The Labute approximate surface area is 199 Å². The average Bonchev–Trinajstić information content (AvgIpc) is 3.19. The van der Waals surface area contributed by atoms with Crippen molar-refractivity contribution in [1.29, 1.82) is 0 Å². The highest BCUT2D eigenvalue weighted by atomic mass is 32.1. The van der Waals surface area contributed by atoms with Crippen LogP contribution in [0.1, 0.15) is 42.3 Å². The second kappa shape index (κ2) is 8.83. The van der Waals surface area contributed by atoms with E-state index >= 15 is 4.39 Å². The number of nitrogens with one attached hydrogen (secondary N) is 1. The first-order valence-electron chi connectivity index (χ1n) is 10.7. The smallest absolute Gasteiger partial charge is 0.261 e. The Kier molecular flexibility index (Phi) is 5.71. The van der Waals surface area contributed by atoms with Crippen LogP contribution in [0.4, 0.5) is 20.2 Å². The van der Waals surface area contributed by atoms with Crippen LogP contribution < -0.4 is 10.2 Å². The van der Waals surface area contributed by atoms with Gasteiger partial charge in [-0.3, -0.25) is 9.59 Å². The van der Waals surface area contributed by atoms with Gasteiger partial charge in [0, 0.05) is 28.2 Å². The van der Waals surface area contributed by atoms with E-state index in [-0.39, 0.29) is 16.8 Å². The molecule has 0 unspecified atom stereocenters. The number of fused-ring (bicyclic) bond motifs is 2. The van der Waals surface area contributed by atoms with E-state index in [4.69, 9.17) is 0 Å². The molecule has 5 rings (SSSR count). The average molecular weight is 475 g/mol. The number of benzene rings is 3. The molecule has 0 atom stereocenters. The highest BCUT2D eigenvalue weighted by molar-refractivity contribution is 7.10. The molecule has 170 valence electrons. The molecule has 1 aliphatic rings. The van der Waals surface area contributed by atoms with E-state index in [1.54, 1.807) is 23.2 Å². The van der Waals surface area contributed by atoms with Gasteiger partial charge in [-0.2, -0.15) is 0 Å². The molecule has 2 amide bonds. The lowest BCUT2D eigenvalue weighted by molar-refractivity contribution is 0.0980. The van der Waals surface area contributed by atoms with Gasteiger partial charge in [0.1, 0.15) is 11.6 Å². The van der Waals surface area contributed by atoms with Crippen LogP contribution in [0.3, 0.4) is 0 Å². The Bertz CT molecular complexity index is 1430. The molecule has 0 aliphatic carbocycles. The fraction of sp³-hybridized carbons (Fsp3) is 0.111. The van der Waals surface area contributed by atoms with Gasteiger partial charge in [0.25, 0.3) is 11.8 Å². The Hall–Kier alpha value is -3.84. The van der Waals surface area contributed by atoms with Gasteiger partial charge in [0.05, 0.1) is 12.1 Å². The number of hydrogen-bond acceptors (Lipinski definition) is 3. The minimum atomic E-state index is -0.744. The van der Waals surface area contributed by atoms with E-state index in [1.165, 1.54) is 29.1 Å². The molecule has 0 spiro atoms. The number of para-hydroxylation sites is 1. The molecule has 1 aliphatic heterocycles. The number of halogens is 2. The summed E-state index contributed by atoms with van der Waals surface area (Å²) in [6, 6.07) is 17.5. The predicted molar refractivity (Wildman–Crippen MR) is 130 cm³/mol. The molecule has 0 saturated carbocycles. The molecule has 1 aromatic heterocycles. The van der Waals surface area contributed by atoms with Gasteiger partial charge >= 0.3 is 0 Å². The van der Waals surface area contributed by atoms with Gasteiger partial charge in [-0.15, -0.1) is 11.3 Å². The van der Waals surface area contributed by atoms with E-state index in [0.29, 0.717) is 12.1 Å². The lowest BCUT2D eigenvalue weighted by Gasteiger charge is -2.23. The number of hydrogen-bond donors (Lipinski definition) is 1. The maximum Gasteiger partial charge on any atom is 0.261 e. The van der Waals surface area contributed by atoms with Crippen molar-refractivity contribution < 1.29 is 18.4 Å². The minimum absolute atomic E-state index is 0.0894. The lowest BCUT2D eigenvalue weighted by atomic mass is 10.1. The molecular formula is C27H20F2N2O2S. The second-order valence-corrected chi connectivity index (χ2v) is 9.17. The number of amides is 2. The van der Waals surface area contributed by atoms with Crippen molar-refractivity contribution in [3.63, 3.8) is 0 Å². The summed E-state index contributed by atoms with van der Waals surface area (Å²) in [5, 5.41) is 4.58. The van der Waals surface area contributed by atoms with Gasteiger partial charge in [0.2, 0.25) is 0 Å². The van der Waals surface area contributed by atoms with E-state index in [9.17, 15) is 14.0 Å². The summed E-state index contributed by atoms with van der Waals surface area (Å²) in [5.41, 5.74) is 3.66. The van der Waals surface area contributed by atoms with Crippen LogP contribution in [0.25, 0.3) is 0 Å². The number of thiophene rings is 1. The monoisotopic (exact) mass is 474 g/mol. The number of carbonyl (C=O) groups excluding carboxylic acids is 2. The number of aryl methyl sites for hydroxylation is 1. The van der Waals surface area contributed by atoms with Crippen LogP contribution in [-0.2, 0) is 13.0 Å². The Morgan fingerprint density at radius 2 is 1.76 bits per heavy atom. The van der Waals surface area contributed by atoms with Crippen molar-refractivity contribution >= 4 is 34.5 Å². The van der Waals surface area contributed by atoms with Gasteiger partial charge in [-0.25, -0.2) is 8.78 Å². The molecule has 34 heavy (non-hydrogen) atoms. The molecule has 3 aromatic carbocycles. The summed E-state index contributed by atoms with van der Waals surface area (Å²) in [5.74, 6) is -2.29. The maximum atomic E-state index is 15.1. The molecule has 7 heteroatoms. The molecule has 0 bridgehead atoms. The Balaban J connectivity index is 1.43. The maximum absolute atomic E-state index is 15.1. The third-order valence-electron chi connectivity index (χ3n) is 5.95. The van der Waals surface area contributed by atoms with Crippen LogP contribution in [0.5, 0.6) is 0 Å². The normalized spacial score (nSPS) is 12.5. The molecular weight excluding hydrogens is 454 g/mol. The van der Waals surface area contributed by atoms with Crippen molar-refractivity contribution in [2.75, 3.05) is 10.2 Å².